The summed E-state index contributed by atoms with van der Waals surface area (Å²) in [7, 11) is -9.87. The Balaban J connectivity index is 5.17. The zero-order chi connectivity index (χ0) is 58.5. The summed E-state index contributed by atoms with van der Waals surface area (Å²) in [5, 5.41) is 10.5. The number of hydrogen-bond acceptors (Lipinski definition) is 15. The molecule has 0 heterocycles. The molecule has 0 aliphatic carbocycles. The average Bonchev–Trinajstić information content (AvgIpc) is 3.41. The molecule has 79 heavy (non-hydrogen) atoms. The second kappa shape index (κ2) is 54.0. The van der Waals surface area contributed by atoms with E-state index in [4.69, 9.17) is 37.0 Å². The Bertz CT molecular complexity index is 1550. The van der Waals surface area contributed by atoms with Gasteiger partial charge in [0.2, 0.25) is 0 Å². The third-order valence-corrected chi connectivity index (χ3v) is 15.7. The predicted octanol–water partition coefficient (Wildman–Crippen LogP) is 16.2. The first-order chi connectivity index (χ1) is 38.0. The summed E-state index contributed by atoms with van der Waals surface area (Å²) in [6.45, 7) is 7.03. The van der Waals surface area contributed by atoms with Crippen LogP contribution in [0.2, 0.25) is 0 Å². The Morgan fingerprint density at radius 2 is 0.582 bits per heavy atom. The van der Waals surface area contributed by atoms with Crippen LogP contribution < -0.4 is 0 Å². The van der Waals surface area contributed by atoms with Crippen LogP contribution in [-0.2, 0) is 65.4 Å². The fourth-order valence-corrected chi connectivity index (χ4v) is 10.5. The van der Waals surface area contributed by atoms with Gasteiger partial charge in [-0.25, -0.2) is 9.13 Å². The third-order valence-electron chi connectivity index (χ3n) is 13.8. The largest absolute Gasteiger partial charge is 0.472 e. The number of aliphatic hydroxyl groups excluding tert-OH is 1. The number of aliphatic hydroxyl groups is 1. The summed E-state index contributed by atoms with van der Waals surface area (Å²) in [5.41, 5.74) is 0. The van der Waals surface area contributed by atoms with E-state index in [0.29, 0.717) is 31.6 Å². The van der Waals surface area contributed by atoms with Crippen LogP contribution in [0.1, 0.15) is 298 Å². The number of carbonyl (C=O) groups excluding carboxylic acids is 4. The Kier molecular flexibility index (Phi) is 52.7. The molecule has 0 fully saturated rings. The fourth-order valence-electron chi connectivity index (χ4n) is 8.88. The van der Waals surface area contributed by atoms with Gasteiger partial charge in [0.05, 0.1) is 26.4 Å². The Morgan fingerprint density at radius 3 is 0.861 bits per heavy atom. The topological polar surface area (TPSA) is 237 Å². The van der Waals surface area contributed by atoms with Gasteiger partial charge in [-0.2, -0.15) is 0 Å². The smallest absolute Gasteiger partial charge is 0.462 e. The predicted molar refractivity (Wildman–Crippen MR) is 312 cm³/mol. The highest BCUT2D eigenvalue weighted by atomic mass is 31.2. The molecular formula is C60H116O17P2. The third kappa shape index (κ3) is 55.0. The van der Waals surface area contributed by atoms with E-state index in [9.17, 15) is 43.2 Å². The van der Waals surface area contributed by atoms with E-state index in [2.05, 4.69) is 34.6 Å². The summed E-state index contributed by atoms with van der Waals surface area (Å²) in [6, 6.07) is 0. The number of hydrogen-bond donors (Lipinski definition) is 3. The zero-order valence-electron chi connectivity index (χ0n) is 50.5. The van der Waals surface area contributed by atoms with Crippen LogP contribution in [0.25, 0.3) is 0 Å². The minimum atomic E-state index is -4.94. The molecule has 17 nitrogen and oxygen atoms in total. The first-order valence-corrected chi connectivity index (χ1v) is 34.6. The second-order valence-electron chi connectivity index (χ2n) is 22.2. The molecule has 5 atom stereocenters. The van der Waals surface area contributed by atoms with Gasteiger partial charge in [-0.15, -0.1) is 0 Å². The highest BCUT2D eigenvalue weighted by Gasteiger charge is 2.30. The minimum absolute atomic E-state index is 0.103. The maximum absolute atomic E-state index is 12.9. The van der Waals surface area contributed by atoms with Crippen LogP contribution in [-0.4, -0.2) is 96.7 Å². The van der Waals surface area contributed by atoms with Crippen LogP contribution in [0.3, 0.4) is 0 Å². The molecule has 2 unspecified atom stereocenters. The number of phosphoric ester groups is 2. The van der Waals surface area contributed by atoms with Gasteiger partial charge in [0.1, 0.15) is 19.3 Å². The SMILES string of the molecule is CCCCCCCCCCCCCCCCCC(=O)O[C@H](COC(=O)CCCCCCCCCC(C)C)COP(=O)(O)OC[C@@H](O)COP(=O)(O)OC[C@@H](COC(=O)CCCCCCCCC)OC(=O)CCCCCCCCC. The molecule has 0 aromatic heterocycles. The molecule has 0 rings (SSSR count). The molecule has 0 spiro atoms. The molecule has 468 valence electrons. The van der Waals surface area contributed by atoms with Crippen molar-refractivity contribution in [3.05, 3.63) is 0 Å². The lowest BCUT2D eigenvalue weighted by molar-refractivity contribution is -0.161. The molecule has 3 N–H and O–H groups in total. The van der Waals surface area contributed by atoms with Gasteiger partial charge < -0.3 is 33.8 Å². The number of esters is 4. The Morgan fingerprint density at radius 1 is 0.342 bits per heavy atom. The van der Waals surface area contributed by atoms with Gasteiger partial charge >= 0.3 is 39.5 Å². The maximum Gasteiger partial charge on any atom is 0.472 e. The van der Waals surface area contributed by atoms with Gasteiger partial charge in [0, 0.05) is 25.7 Å². The quantitative estimate of drug-likeness (QED) is 0.0222. The van der Waals surface area contributed by atoms with Crippen molar-refractivity contribution in [3.63, 3.8) is 0 Å². The van der Waals surface area contributed by atoms with Gasteiger partial charge in [0.15, 0.2) is 12.2 Å². The molecule has 0 radical (unpaired) electrons. The van der Waals surface area contributed by atoms with E-state index < -0.39 is 97.5 Å². The van der Waals surface area contributed by atoms with E-state index in [1.807, 2.05) is 0 Å². The lowest BCUT2D eigenvalue weighted by atomic mass is 10.0. The summed E-state index contributed by atoms with van der Waals surface area (Å²) in [6.07, 6.45) is 36.5. The van der Waals surface area contributed by atoms with E-state index in [-0.39, 0.29) is 25.7 Å². The lowest BCUT2D eigenvalue weighted by Gasteiger charge is -2.21. The van der Waals surface area contributed by atoms with Crippen molar-refractivity contribution in [2.45, 2.75) is 316 Å². The second-order valence-corrected chi connectivity index (χ2v) is 25.1. The van der Waals surface area contributed by atoms with Crippen LogP contribution in [0.15, 0.2) is 0 Å². The van der Waals surface area contributed by atoms with Crippen molar-refractivity contribution in [1.29, 1.82) is 0 Å². The van der Waals surface area contributed by atoms with Crippen LogP contribution in [0.4, 0.5) is 0 Å². The highest BCUT2D eigenvalue weighted by molar-refractivity contribution is 7.47. The molecular weight excluding hydrogens is 1050 g/mol. The molecule has 0 aliphatic rings. The highest BCUT2D eigenvalue weighted by Crippen LogP contribution is 2.45. The van der Waals surface area contributed by atoms with Crippen molar-refractivity contribution in [2.24, 2.45) is 5.92 Å². The monoisotopic (exact) mass is 1170 g/mol. The Labute approximate surface area is 479 Å². The summed E-state index contributed by atoms with van der Waals surface area (Å²) in [5.74, 6) is -1.44. The van der Waals surface area contributed by atoms with Crippen molar-refractivity contribution < 1.29 is 80.2 Å². The molecule has 0 amide bonds. The van der Waals surface area contributed by atoms with Gasteiger partial charge in [-0.3, -0.25) is 37.3 Å². The van der Waals surface area contributed by atoms with E-state index in [1.165, 1.54) is 89.9 Å². The van der Waals surface area contributed by atoms with Crippen molar-refractivity contribution >= 4 is 39.5 Å². The molecule has 19 heteroatoms. The van der Waals surface area contributed by atoms with Gasteiger partial charge in [-0.05, 0) is 31.6 Å². The van der Waals surface area contributed by atoms with E-state index >= 15 is 0 Å². The molecule has 0 bridgehead atoms. The van der Waals surface area contributed by atoms with Crippen molar-refractivity contribution in [1.82, 2.24) is 0 Å². The molecule has 0 aliphatic heterocycles. The lowest BCUT2D eigenvalue weighted by Crippen LogP contribution is -2.30. The fraction of sp³-hybridized carbons (Fsp3) is 0.933. The number of carbonyl (C=O) groups is 4. The maximum atomic E-state index is 12.9. The molecule has 0 saturated heterocycles. The molecule has 0 aromatic rings. The average molecular weight is 1170 g/mol. The Hall–Kier alpha value is -1.94. The van der Waals surface area contributed by atoms with Crippen molar-refractivity contribution in [3.8, 4) is 0 Å². The normalized spacial score (nSPS) is 14.3. The number of rotatable bonds is 60. The summed E-state index contributed by atoms with van der Waals surface area (Å²) in [4.78, 5) is 71.8. The standard InChI is InChI=1S/C60H116O17P2/c1-6-9-12-15-18-19-20-21-22-23-24-25-30-36-41-46-60(65)77-56(50-71-58(63)44-39-34-31-26-29-32-37-42-53(4)5)52-75-79(68,69)73-48-54(61)47-72-78(66,67)74-51-55(76-59(64)45-40-35-28-17-14-11-8-3)49-70-57(62)43-38-33-27-16-13-10-7-2/h53-56,61H,6-52H2,1-5H3,(H,66,67)(H,68,69)/t54-,55+,56+/m0/s1. The number of unbranched alkanes of at least 4 members (excludes halogenated alkanes) is 32. The molecule has 0 saturated carbocycles. The van der Waals surface area contributed by atoms with E-state index in [1.54, 1.807) is 0 Å². The van der Waals surface area contributed by atoms with Crippen LogP contribution in [0.5, 0.6) is 0 Å². The van der Waals surface area contributed by atoms with Gasteiger partial charge in [-0.1, -0.05) is 247 Å². The van der Waals surface area contributed by atoms with Crippen LogP contribution in [0, 0.1) is 5.92 Å². The molecule has 0 aromatic carbocycles. The van der Waals surface area contributed by atoms with Crippen LogP contribution >= 0.6 is 15.6 Å². The minimum Gasteiger partial charge on any atom is -0.462 e. The zero-order valence-corrected chi connectivity index (χ0v) is 52.3. The number of ether oxygens (including phenoxy) is 4. The van der Waals surface area contributed by atoms with Crippen molar-refractivity contribution in [2.75, 3.05) is 39.6 Å². The van der Waals surface area contributed by atoms with E-state index in [0.717, 1.165) is 122 Å². The number of phosphoric acid groups is 2. The first-order valence-electron chi connectivity index (χ1n) is 31.6. The first kappa shape index (κ1) is 77.1. The summed E-state index contributed by atoms with van der Waals surface area (Å²) < 4.78 is 67.6. The van der Waals surface area contributed by atoms with Gasteiger partial charge in [0.25, 0.3) is 0 Å². The summed E-state index contributed by atoms with van der Waals surface area (Å²) >= 11 is 0.